The average molecular weight is 335 g/mol. The Hall–Kier alpha value is 0.949. The van der Waals surface area contributed by atoms with Crippen LogP contribution in [0.4, 0.5) is 0 Å². The molecule has 3 fully saturated rings. The van der Waals surface area contributed by atoms with Gasteiger partial charge in [0.25, 0.3) is 0 Å². The van der Waals surface area contributed by atoms with Crippen LogP contribution in [-0.4, -0.2) is 17.0 Å². The van der Waals surface area contributed by atoms with Gasteiger partial charge in [-0.2, -0.15) is 0 Å². The molecular formula is C18H33MnP. The molecule has 0 nitrogen and oxygen atoms in total. The topological polar surface area (TPSA) is 0 Å². The van der Waals surface area contributed by atoms with Crippen molar-refractivity contribution in [3.8, 4) is 0 Å². The quantitative estimate of drug-likeness (QED) is 0.410. The molecule has 0 N–H and O–H groups in total. The van der Waals surface area contributed by atoms with Crippen molar-refractivity contribution in [3.05, 3.63) is 0 Å². The van der Waals surface area contributed by atoms with Crippen molar-refractivity contribution in [3.63, 3.8) is 0 Å². The van der Waals surface area contributed by atoms with E-state index in [-0.39, 0.29) is 17.1 Å². The third kappa shape index (κ3) is 4.47. The van der Waals surface area contributed by atoms with Gasteiger partial charge in [-0.3, -0.25) is 0 Å². The molecule has 0 saturated heterocycles. The smallest absolute Gasteiger partial charge is 0 e. The van der Waals surface area contributed by atoms with Gasteiger partial charge >= 0.3 is 0 Å². The van der Waals surface area contributed by atoms with E-state index < -0.39 is 0 Å². The van der Waals surface area contributed by atoms with Crippen molar-refractivity contribution in [2.24, 2.45) is 0 Å². The molecule has 2 heteroatoms. The van der Waals surface area contributed by atoms with Crippen molar-refractivity contribution in [2.75, 3.05) is 0 Å². The summed E-state index contributed by atoms with van der Waals surface area (Å²) in [6, 6.07) is 0. The van der Waals surface area contributed by atoms with E-state index in [0.29, 0.717) is 7.92 Å². The summed E-state index contributed by atoms with van der Waals surface area (Å²) in [6.07, 6.45) is 23.6. The second-order valence-electron chi connectivity index (χ2n) is 7.32. The van der Waals surface area contributed by atoms with Gasteiger partial charge in [0.2, 0.25) is 0 Å². The fourth-order valence-corrected chi connectivity index (χ4v) is 9.71. The van der Waals surface area contributed by atoms with Crippen LogP contribution < -0.4 is 0 Å². The number of rotatable bonds is 3. The molecule has 117 valence electrons. The van der Waals surface area contributed by atoms with Crippen molar-refractivity contribution >= 4 is 7.92 Å². The van der Waals surface area contributed by atoms with E-state index in [2.05, 4.69) is 0 Å². The Kier molecular flexibility index (Phi) is 7.93. The zero-order valence-electron chi connectivity index (χ0n) is 13.2. The molecule has 20 heavy (non-hydrogen) atoms. The van der Waals surface area contributed by atoms with Crippen molar-refractivity contribution in [2.45, 2.75) is 113 Å². The van der Waals surface area contributed by atoms with Gasteiger partial charge < -0.3 is 0 Å². The van der Waals surface area contributed by atoms with Crippen LogP contribution in [-0.2, 0) is 17.1 Å². The molecule has 1 radical (unpaired) electrons. The first kappa shape index (κ1) is 17.3. The van der Waals surface area contributed by atoms with E-state index in [4.69, 9.17) is 0 Å². The molecule has 3 aliphatic carbocycles. The molecular weight excluding hydrogens is 302 g/mol. The Morgan fingerprint density at radius 2 is 0.650 bits per heavy atom. The zero-order valence-corrected chi connectivity index (χ0v) is 15.2. The third-order valence-corrected chi connectivity index (χ3v) is 10.1. The number of hydrogen-bond donors (Lipinski definition) is 0. The normalized spacial score (nSPS) is 27.4. The van der Waals surface area contributed by atoms with Crippen LogP contribution in [0.15, 0.2) is 0 Å². The summed E-state index contributed by atoms with van der Waals surface area (Å²) in [4.78, 5) is 0. The maximum absolute atomic E-state index is 1.61. The van der Waals surface area contributed by atoms with Gasteiger partial charge in [-0.15, -0.1) is 0 Å². The molecule has 3 aliphatic rings. The maximum atomic E-state index is 1.61. The molecule has 0 spiro atoms. The van der Waals surface area contributed by atoms with Gasteiger partial charge in [0.1, 0.15) is 0 Å². The van der Waals surface area contributed by atoms with Crippen LogP contribution in [0.5, 0.6) is 0 Å². The van der Waals surface area contributed by atoms with Gasteiger partial charge in [-0.05, 0) is 55.5 Å². The summed E-state index contributed by atoms with van der Waals surface area (Å²) in [5, 5.41) is 0. The van der Waals surface area contributed by atoms with Crippen LogP contribution in [0.1, 0.15) is 96.3 Å². The van der Waals surface area contributed by atoms with Crippen molar-refractivity contribution in [1.82, 2.24) is 0 Å². The molecule has 3 rings (SSSR count). The Balaban J connectivity index is 0.00000147. The Bertz CT molecular complexity index is 207. The van der Waals surface area contributed by atoms with E-state index in [1.807, 2.05) is 0 Å². The minimum absolute atomic E-state index is 0. The SMILES string of the molecule is C1CCC(P(C2CCCCC2)C2CCCCC2)CC1.[Mn]. The summed E-state index contributed by atoms with van der Waals surface area (Å²) in [6.45, 7) is 0. The average Bonchev–Trinajstić information content (AvgIpc) is 2.51. The fourth-order valence-electron chi connectivity index (χ4n) is 5.03. The van der Waals surface area contributed by atoms with Gasteiger partial charge in [0.05, 0.1) is 0 Å². The maximum Gasteiger partial charge on any atom is 0 e. The molecule has 0 aromatic carbocycles. The molecule has 0 unspecified atom stereocenters. The van der Waals surface area contributed by atoms with Crippen molar-refractivity contribution in [1.29, 1.82) is 0 Å². The summed E-state index contributed by atoms with van der Waals surface area (Å²) in [7, 11) is 0.385. The first-order valence-electron chi connectivity index (χ1n) is 9.22. The first-order valence-corrected chi connectivity index (χ1v) is 10.8. The minimum atomic E-state index is 0. The summed E-state index contributed by atoms with van der Waals surface area (Å²) >= 11 is 0. The third-order valence-electron chi connectivity index (χ3n) is 5.99. The van der Waals surface area contributed by atoms with E-state index in [9.17, 15) is 0 Å². The summed E-state index contributed by atoms with van der Waals surface area (Å²) in [5.41, 5.74) is 3.57. The van der Waals surface area contributed by atoms with E-state index in [1.54, 1.807) is 77.0 Å². The molecule has 0 bridgehead atoms. The van der Waals surface area contributed by atoms with Gasteiger partial charge in [0.15, 0.2) is 0 Å². The molecule has 0 aromatic rings. The second kappa shape index (κ2) is 9.17. The van der Waals surface area contributed by atoms with Crippen LogP contribution >= 0.6 is 7.92 Å². The van der Waals surface area contributed by atoms with Crippen molar-refractivity contribution < 1.29 is 17.1 Å². The molecule has 0 aliphatic heterocycles. The zero-order chi connectivity index (χ0) is 12.9. The number of hydrogen-bond acceptors (Lipinski definition) is 0. The Labute approximate surface area is 138 Å². The van der Waals surface area contributed by atoms with Gasteiger partial charge in [-0.25, -0.2) is 0 Å². The standard InChI is InChI=1S/C18H33P.Mn/c1-4-10-16(11-5-1)19(17-12-6-2-7-13-17)18-14-8-3-9-15-18;/h16-18H,1-15H2;. The first-order chi connectivity index (χ1) is 9.45. The Morgan fingerprint density at radius 1 is 0.400 bits per heavy atom. The largest absolute Gasteiger partial charge is 0.0971 e. The molecule has 3 saturated carbocycles. The second-order valence-corrected chi connectivity index (χ2v) is 10.4. The molecule has 0 amide bonds. The summed E-state index contributed by atoms with van der Waals surface area (Å²) in [5.74, 6) is 0. The van der Waals surface area contributed by atoms with Gasteiger partial charge in [-0.1, -0.05) is 65.7 Å². The predicted octanol–water partition coefficient (Wildman–Crippen LogP) is 6.46. The Morgan fingerprint density at radius 3 is 0.900 bits per heavy atom. The minimum Gasteiger partial charge on any atom is -0.0971 e. The van der Waals surface area contributed by atoms with E-state index in [1.165, 1.54) is 36.2 Å². The predicted molar refractivity (Wildman–Crippen MR) is 87.5 cm³/mol. The van der Waals surface area contributed by atoms with Crippen LogP contribution in [0, 0.1) is 0 Å². The molecule has 0 atom stereocenters. The molecule has 0 aromatic heterocycles. The monoisotopic (exact) mass is 335 g/mol. The van der Waals surface area contributed by atoms with E-state index in [0.717, 1.165) is 0 Å². The van der Waals surface area contributed by atoms with Crippen LogP contribution in [0.25, 0.3) is 0 Å². The van der Waals surface area contributed by atoms with Gasteiger partial charge in [0, 0.05) is 17.1 Å². The van der Waals surface area contributed by atoms with E-state index >= 15 is 0 Å². The van der Waals surface area contributed by atoms with Crippen LogP contribution in [0.2, 0.25) is 0 Å². The summed E-state index contributed by atoms with van der Waals surface area (Å²) < 4.78 is 0. The fraction of sp³-hybridized carbons (Fsp3) is 1.00. The molecule has 0 heterocycles. The van der Waals surface area contributed by atoms with Crippen LogP contribution in [0.3, 0.4) is 0 Å².